The van der Waals surface area contributed by atoms with Crippen LogP contribution in [0.15, 0.2) is 18.2 Å². The van der Waals surface area contributed by atoms with Gasteiger partial charge in [-0.3, -0.25) is 0 Å². The van der Waals surface area contributed by atoms with E-state index in [0.717, 1.165) is 31.9 Å². The number of rotatable bonds is 6. The van der Waals surface area contributed by atoms with Crippen molar-refractivity contribution in [2.45, 2.75) is 13.3 Å². The summed E-state index contributed by atoms with van der Waals surface area (Å²) in [7, 11) is 0. The third-order valence-corrected chi connectivity index (χ3v) is 2.09. The molecule has 0 spiro atoms. The van der Waals surface area contributed by atoms with Crippen LogP contribution in [0.5, 0.6) is 0 Å². The predicted molar refractivity (Wildman–Crippen MR) is 64.9 cm³/mol. The third kappa shape index (κ3) is 4.08. The fourth-order valence-corrected chi connectivity index (χ4v) is 1.24. The smallest absolute Gasteiger partial charge is 0.0568 e. The molecule has 0 aromatic heterocycles. The van der Waals surface area contributed by atoms with Gasteiger partial charge in [0.15, 0.2) is 0 Å². The second-order valence-corrected chi connectivity index (χ2v) is 3.32. The summed E-state index contributed by atoms with van der Waals surface area (Å²) in [6.07, 6.45) is 0.984. The van der Waals surface area contributed by atoms with Gasteiger partial charge in [0.2, 0.25) is 0 Å². The van der Waals surface area contributed by atoms with Gasteiger partial charge in [-0.25, -0.2) is 0 Å². The van der Waals surface area contributed by atoms with Gasteiger partial charge in [0.1, 0.15) is 0 Å². The summed E-state index contributed by atoms with van der Waals surface area (Å²) in [6.45, 7) is 4.43. The Kier molecular flexibility index (Phi) is 4.77. The lowest BCUT2D eigenvalue weighted by Gasteiger charge is -2.08. The zero-order valence-corrected chi connectivity index (χ0v) is 9.12. The predicted octanol–water partition coefficient (Wildman–Crippen LogP) is 1.69. The van der Waals surface area contributed by atoms with Gasteiger partial charge in [0.05, 0.1) is 11.4 Å². The van der Waals surface area contributed by atoms with E-state index in [9.17, 15) is 0 Å². The van der Waals surface area contributed by atoms with E-state index < -0.39 is 0 Å². The highest BCUT2D eigenvalue weighted by molar-refractivity contribution is 5.69. The molecule has 0 aliphatic rings. The van der Waals surface area contributed by atoms with Crippen LogP contribution in [0.2, 0.25) is 0 Å². The molecule has 0 atom stereocenters. The van der Waals surface area contributed by atoms with Gasteiger partial charge in [-0.2, -0.15) is 0 Å². The first-order chi connectivity index (χ1) is 7.24. The molecule has 0 saturated heterocycles. The normalized spacial score (nSPS) is 10.2. The van der Waals surface area contributed by atoms with Gasteiger partial charge in [-0.1, -0.05) is 0 Å². The number of nitrogens with one attached hydrogen (secondary N) is 1. The number of ether oxygens (including phenoxy) is 1. The molecule has 0 aliphatic carbocycles. The Labute approximate surface area is 90.6 Å². The zero-order valence-electron chi connectivity index (χ0n) is 9.12. The summed E-state index contributed by atoms with van der Waals surface area (Å²) in [6, 6.07) is 5.57. The van der Waals surface area contributed by atoms with Crippen molar-refractivity contribution in [3.63, 3.8) is 0 Å². The lowest BCUT2D eigenvalue weighted by molar-refractivity contribution is 0.147. The summed E-state index contributed by atoms with van der Waals surface area (Å²) >= 11 is 0. The molecule has 0 bridgehead atoms. The molecule has 0 radical (unpaired) electrons. The molecule has 4 heteroatoms. The molecule has 0 amide bonds. The van der Waals surface area contributed by atoms with E-state index in [4.69, 9.17) is 16.2 Å². The first kappa shape index (κ1) is 11.7. The number of anilines is 3. The lowest BCUT2D eigenvalue weighted by atomic mass is 10.2. The van der Waals surface area contributed by atoms with Gasteiger partial charge in [0.25, 0.3) is 0 Å². The van der Waals surface area contributed by atoms with E-state index in [1.54, 1.807) is 6.07 Å². The number of nitrogen functional groups attached to an aromatic ring is 2. The molecular weight excluding hydrogens is 190 g/mol. The van der Waals surface area contributed by atoms with Crippen LogP contribution in [0.25, 0.3) is 0 Å². The van der Waals surface area contributed by atoms with Gasteiger partial charge < -0.3 is 21.5 Å². The largest absolute Gasteiger partial charge is 0.397 e. The number of nitrogens with two attached hydrogens (primary N) is 2. The monoisotopic (exact) mass is 209 g/mol. The Morgan fingerprint density at radius 2 is 2.07 bits per heavy atom. The molecular formula is C11H19N3O. The van der Waals surface area contributed by atoms with E-state index in [1.807, 2.05) is 19.1 Å². The van der Waals surface area contributed by atoms with Crippen molar-refractivity contribution < 1.29 is 4.74 Å². The topological polar surface area (TPSA) is 73.3 Å². The van der Waals surface area contributed by atoms with Gasteiger partial charge in [0, 0.05) is 25.4 Å². The minimum Gasteiger partial charge on any atom is -0.397 e. The van der Waals surface area contributed by atoms with Crippen molar-refractivity contribution >= 4 is 17.1 Å². The van der Waals surface area contributed by atoms with Crippen LogP contribution in [0.4, 0.5) is 17.1 Å². The van der Waals surface area contributed by atoms with Crippen LogP contribution in [-0.2, 0) is 4.74 Å². The molecule has 0 saturated carbocycles. The molecule has 0 aliphatic heterocycles. The fourth-order valence-electron chi connectivity index (χ4n) is 1.24. The highest BCUT2D eigenvalue weighted by Crippen LogP contribution is 2.19. The van der Waals surface area contributed by atoms with Crippen LogP contribution >= 0.6 is 0 Å². The average molecular weight is 209 g/mol. The molecule has 4 nitrogen and oxygen atoms in total. The second-order valence-electron chi connectivity index (χ2n) is 3.32. The van der Waals surface area contributed by atoms with Crippen molar-refractivity contribution in [3.8, 4) is 0 Å². The second kappa shape index (κ2) is 6.14. The maximum atomic E-state index is 5.68. The van der Waals surface area contributed by atoms with E-state index in [0.29, 0.717) is 11.4 Å². The summed E-state index contributed by atoms with van der Waals surface area (Å²) in [5, 5.41) is 3.26. The van der Waals surface area contributed by atoms with E-state index in [1.165, 1.54) is 0 Å². The fraction of sp³-hybridized carbons (Fsp3) is 0.455. The van der Waals surface area contributed by atoms with E-state index in [2.05, 4.69) is 5.32 Å². The van der Waals surface area contributed by atoms with Crippen molar-refractivity contribution in [2.75, 3.05) is 36.5 Å². The Balaban J connectivity index is 2.28. The molecule has 0 unspecified atom stereocenters. The van der Waals surface area contributed by atoms with Gasteiger partial charge in [-0.15, -0.1) is 0 Å². The minimum absolute atomic E-state index is 0.616. The maximum absolute atomic E-state index is 5.68. The first-order valence-electron chi connectivity index (χ1n) is 5.20. The molecule has 0 heterocycles. The Morgan fingerprint density at radius 3 is 2.73 bits per heavy atom. The number of hydrogen-bond donors (Lipinski definition) is 3. The number of benzene rings is 1. The quantitative estimate of drug-likeness (QED) is 0.492. The number of hydrogen-bond acceptors (Lipinski definition) is 4. The lowest BCUT2D eigenvalue weighted by Crippen LogP contribution is -2.06. The highest BCUT2D eigenvalue weighted by Gasteiger charge is 1.96. The molecule has 5 N–H and O–H groups in total. The van der Waals surface area contributed by atoms with Crippen molar-refractivity contribution in [2.24, 2.45) is 0 Å². The molecule has 1 aromatic rings. The molecule has 1 aromatic carbocycles. The highest BCUT2D eigenvalue weighted by atomic mass is 16.5. The average Bonchev–Trinajstić information content (AvgIpc) is 2.23. The summed E-state index contributed by atoms with van der Waals surface area (Å²) < 4.78 is 5.23. The Bertz CT molecular complexity index is 302. The van der Waals surface area contributed by atoms with Crippen LogP contribution in [0.1, 0.15) is 13.3 Å². The summed E-state index contributed by atoms with van der Waals surface area (Å²) in [5.74, 6) is 0. The summed E-state index contributed by atoms with van der Waals surface area (Å²) in [5.41, 5.74) is 13.5. The Hall–Kier alpha value is -1.42. The van der Waals surface area contributed by atoms with Crippen molar-refractivity contribution in [1.29, 1.82) is 0 Å². The third-order valence-electron chi connectivity index (χ3n) is 2.09. The molecule has 15 heavy (non-hydrogen) atoms. The first-order valence-corrected chi connectivity index (χ1v) is 5.20. The van der Waals surface area contributed by atoms with E-state index in [-0.39, 0.29) is 0 Å². The molecule has 1 rings (SSSR count). The maximum Gasteiger partial charge on any atom is 0.0568 e. The van der Waals surface area contributed by atoms with Crippen LogP contribution in [0, 0.1) is 0 Å². The van der Waals surface area contributed by atoms with Gasteiger partial charge >= 0.3 is 0 Å². The van der Waals surface area contributed by atoms with Crippen molar-refractivity contribution in [3.05, 3.63) is 18.2 Å². The van der Waals surface area contributed by atoms with E-state index >= 15 is 0 Å². The van der Waals surface area contributed by atoms with Crippen LogP contribution < -0.4 is 16.8 Å². The standard InChI is InChI=1S/C11H19N3O/c1-2-15-7-3-6-14-9-4-5-10(12)11(13)8-9/h4-5,8,14H,2-3,6-7,12-13H2,1H3. The SMILES string of the molecule is CCOCCCNc1ccc(N)c(N)c1. The Morgan fingerprint density at radius 1 is 1.27 bits per heavy atom. The van der Waals surface area contributed by atoms with Gasteiger partial charge in [-0.05, 0) is 31.5 Å². The zero-order chi connectivity index (χ0) is 11.1. The van der Waals surface area contributed by atoms with Crippen LogP contribution in [-0.4, -0.2) is 19.8 Å². The minimum atomic E-state index is 0.616. The molecule has 84 valence electrons. The summed E-state index contributed by atoms with van der Waals surface area (Å²) in [4.78, 5) is 0. The van der Waals surface area contributed by atoms with Crippen molar-refractivity contribution in [1.82, 2.24) is 0 Å². The molecule has 0 fully saturated rings. The van der Waals surface area contributed by atoms with Crippen LogP contribution in [0.3, 0.4) is 0 Å².